The first-order chi connectivity index (χ1) is 19.3. The number of nitrogens with one attached hydrogen (secondary N) is 2. The summed E-state index contributed by atoms with van der Waals surface area (Å²) in [5.41, 5.74) is 12.9. The van der Waals surface area contributed by atoms with E-state index < -0.39 is 35.7 Å². The molecule has 1 heterocycles. The second-order valence-electron chi connectivity index (χ2n) is 12.3. The molecule has 1 aromatic heterocycles. The van der Waals surface area contributed by atoms with Crippen molar-refractivity contribution in [1.82, 2.24) is 15.3 Å². The van der Waals surface area contributed by atoms with Crippen LogP contribution < -0.4 is 16.8 Å². The average molecular weight is 572 g/mol. The van der Waals surface area contributed by atoms with Crippen LogP contribution in [0.25, 0.3) is 11.0 Å². The maximum Gasteiger partial charge on any atom is 0.237 e. The fourth-order valence-corrected chi connectivity index (χ4v) is 5.93. The largest absolute Gasteiger partial charge is 0.507 e. The highest BCUT2D eigenvalue weighted by molar-refractivity contribution is 6.17. The number of aliphatic hydroxyl groups is 1. The molecule has 1 amide bonds. The minimum Gasteiger partial charge on any atom is -0.507 e. The van der Waals surface area contributed by atoms with Crippen LogP contribution in [0.1, 0.15) is 113 Å². The Hall–Kier alpha value is -2.82. The summed E-state index contributed by atoms with van der Waals surface area (Å²) < 4.78 is 0. The van der Waals surface area contributed by atoms with E-state index >= 15 is 0 Å². The Morgan fingerprint density at radius 2 is 1.78 bits per heavy atom. The molecule has 8 N–H and O–H groups in total. The van der Waals surface area contributed by atoms with Gasteiger partial charge in [0.05, 0.1) is 35.3 Å². The molecule has 3 rings (SSSR count). The van der Waals surface area contributed by atoms with Crippen molar-refractivity contribution in [3.63, 3.8) is 0 Å². The predicted octanol–water partition coefficient (Wildman–Crippen LogP) is 3.96. The molecule has 1 unspecified atom stereocenters. The first kappa shape index (κ1) is 32.7. The van der Waals surface area contributed by atoms with E-state index in [1.54, 1.807) is 0 Å². The zero-order valence-electron chi connectivity index (χ0n) is 25.2. The molecule has 1 aliphatic rings. The van der Waals surface area contributed by atoms with Gasteiger partial charge in [-0.3, -0.25) is 14.4 Å². The fourth-order valence-electron chi connectivity index (χ4n) is 5.93. The number of phenols is 1. The molecule has 0 radical (unpaired) electrons. The Morgan fingerprint density at radius 1 is 1.12 bits per heavy atom. The highest BCUT2D eigenvalue weighted by Gasteiger charge is 2.34. The van der Waals surface area contributed by atoms with E-state index in [9.17, 15) is 24.6 Å². The van der Waals surface area contributed by atoms with Crippen molar-refractivity contribution in [1.29, 1.82) is 0 Å². The smallest absolute Gasteiger partial charge is 0.237 e. The number of fused-ring (bicyclic) bond motifs is 1. The Kier molecular flexibility index (Phi) is 11.5. The number of hydrogen-bond acceptors (Lipinski definition) is 8. The number of nitrogens with two attached hydrogens (primary N) is 2. The normalized spacial score (nSPS) is 18.2. The SMILES string of the molecule is CC[C@H](C)[C@H](N)C(=O)NCc1nc2c(C(C)=O)c(C(=O)C(C[C@H](O)[C@@H](N)CC3CCCCC3)C(C)C)c(O)cc2[nH]1. The number of hydrogen-bond donors (Lipinski definition) is 6. The molecule has 1 saturated carbocycles. The minimum absolute atomic E-state index is 0.00902. The molecule has 10 nitrogen and oxygen atoms in total. The predicted molar refractivity (Wildman–Crippen MR) is 159 cm³/mol. The van der Waals surface area contributed by atoms with Crippen molar-refractivity contribution in [3.8, 4) is 5.75 Å². The van der Waals surface area contributed by atoms with Crippen molar-refractivity contribution < 1.29 is 24.6 Å². The van der Waals surface area contributed by atoms with Gasteiger partial charge in [-0.25, -0.2) is 4.98 Å². The quantitative estimate of drug-likeness (QED) is 0.184. The van der Waals surface area contributed by atoms with E-state index in [0.717, 1.165) is 19.3 Å². The van der Waals surface area contributed by atoms with Gasteiger partial charge in [0.2, 0.25) is 5.91 Å². The third-order valence-electron chi connectivity index (χ3n) is 8.85. The number of imidazole rings is 1. The van der Waals surface area contributed by atoms with Gasteiger partial charge in [-0.1, -0.05) is 66.2 Å². The Labute approximate surface area is 243 Å². The van der Waals surface area contributed by atoms with Crippen LogP contribution in [0.5, 0.6) is 5.75 Å². The number of H-pyrrole nitrogens is 1. The van der Waals surface area contributed by atoms with Crippen LogP contribution in [0.15, 0.2) is 6.07 Å². The third-order valence-corrected chi connectivity index (χ3v) is 8.85. The number of Topliss-reactive ketones (excluding diaryl/α,β-unsaturated/α-hetero) is 2. The number of aromatic nitrogens is 2. The van der Waals surface area contributed by atoms with Crippen molar-refractivity contribution in [2.45, 2.75) is 111 Å². The number of amides is 1. The first-order valence-electron chi connectivity index (χ1n) is 15.1. The van der Waals surface area contributed by atoms with Crippen LogP contribution in [0.3, 0.4) is 0 Å². The molecule has 0 bridgehead atoms. The van der Waals surface area contributed by atoms with Crippen LogP contribution >= 0.6 is 0 Å². The average Bonchev–Trinajstić information content (AvgIpc) is 3.34. The zero-order chi connectivity index (χ0) is 30.4. The summed E-state index contributed by atoms with van der Waals surface area (Å²) in [6, 6.07) is 0.262. The van der Waals surface area contributed by atoms with Gasteiger partial charge in [0.1, 0.15) is 17.1 Å². The van der Waals surface area contributed by atoms with Gasteiger partial charge < -0.3 is 32.0 Å². The number of nitrogens with zero attached hydrogens (tertiary/aromatic N) is 1. The summed E-state index contributed by atoms with van der Waals surface area (Å²) >= 11 is 0. The van der Waals surface area contributed by atoms with Crippen molar-refractivity contribution in [2.75, 3.05) is 0 Å². The molecule has 5 atom stereocenters. The molecule has 1 fully saturated rings. The van der Waals surface area contributed by atoms with Crippen LogP contribution in [0, 0.1) is 23.7 Å². The number of rotatable bonds is 14. The highest BCUT2D eigenvalue weighted by atomic mass is 16.3. The number of aliphatic hydroxyl groups excluding tert-OH is 1. The van der Waals surface area contributed by atoms with Gasteiger partial charge in [0.25, 0.3) is 0 Å². The molecule has 2 aromatic rings. The second-order valence-corrected chi connectivity index (χ2v) is 12.3. The van der Waals surface area contributed by atoms with Gasteiger partial charge in [0, 0.05) is 18.0 Å². The summed E-state index contributed by atoms with van der Waals surface area (Å²) in [7, 11) is 0. The summed E-state index contributed by atoms with van der Waals surface area (Å²) in [4.78, 5) is 46.8. The summed E-state index contributed by atoms with van der Waals surface area (Å²) in [5, 5.41) is 24.8. The van der Waals surface area contributed by atoms with Gasteiger partial charge in [-0.05, 0) is 37.5 Å². The number of carbonyl (C=O) groups excluding carboxylic acids is 3. The van der Waals surface area contributed by atoms with E-state index in [4.69, 9.17) is 11.5 Å². The first-order valence-corrected chi connectivity index (χ1v) is 15.1. The monoisotopic (exact) mass is 571 g/mol. The van der Waals surface area contributed by atoms with E-state index in [-0.39, 0.29) is 53.1 Å². The molecular weight excluding hydrogens is 522 g/mol. The van der Waals surface area contributed by atoms with Crippen molar-refractivity contribution in [3.05, 3.63) is 23.0 Å². The van der Waals surface area contributed by atoms with Gasteiger partial charge >= 0.3 is 0 Å². The molecular formula is C31H49N5O5. The van der Waals surface area contributed by atoms with Crippen LogP contribution in [-0.2, 0) is 11.3 Å². The molecule has 0 aliphatic heterocycles. The van der Waals surface area contributed by atoms with Gasteiger partial charge in [-0.2, -0.15) is 0 Å². The highest BCUT2D eigenvalue weighted by Crippen LogP contribution is 2.35. The number of ketones is 2. The lowest BCUT2D eigenvalue weighted by Gasteiger charge is -2.30. The molecule has 10 heteroatoms. The number of benzene rings is 1. The topological polar surface area (TPSA) is 184 Å². The van der Waals surface area contributed by atoms with E-state index in [1.165, 1.54) is 32.3 Å². The molecule has 1 aliphatic carbocycles. The number of aromatic amines is 1. The lowest BCUT2D eigenvalue weighted by Crippen LogP contribution is -2.44. The van der Waals surface area contributed by atoms with Crippen molar-refractivity contribution >= 4 is 28.5 Å². The third kappa shape index (κ3) is 7.93. The Morgan fingerprint density at radius 3 is 2.37 bits per heavy atom. The lowest BCUT2D eigenvalue weighted by molar-refractivity contribution is -0.123. The number of phenolic OH excluding ortho intramolecular Hbond substituents is 1. The number of carbonyl (C=O) groups is 3. The summed E-state index contributed by atoms with van der Waals surface area (Å²) in [6.45, 7) is 8.99. The summed E-state index contributed by atoms with van der Waals surface area (Å²) in [6.07, 6.45) is 6.56. The maximum absolute atomic E-state index is 13.9. The van der Waals surface area contributed by atoms with Gasteiger partial charge in [0.15, 0.2) is 11.6 Å². The lowest BCUT2D eigenvalue weighted by atomic mass is 9.78. The fraction of sp³-hybridized carbons (Fsp3) is 0.677. The van der Waals surface area contributed by atoms with Crippen molar-refractivity contribution in [2.24, 2.45) is 35.1 Å². The van der Waals surface area contributed by atoms with Gasteiger partial charge in [-0.15, -0.1) is 0 Å². The van der Waals surface area contributed by atoms with Crippen LogP contribution in [0.4, 0.5) is 0 Å². The molecule has 0 saturated heterocycles. The van der Waals surface area contributed by atoms with E-state index in [0.29, 0.717) is 23.7 Å². The maximum atomic E-state index is 13.9. The molecule has 228 valence electrons. The molecule has 1 aromatic carbocycles. The molecule has 41 heavy (non-hydrogen) atoms. The van der Waals surface area contributed by atoms with Crippen LogP contribution in [-0.4, -0.2) is 55.8 Å². The van der Waals surface area contributed by atoms with Crippen LogP contribution in [0.2, 0.25) is 0 Å². The number of aromatic hydroxyl groups is 1. The minimum atomic E-state index is -0.887. The standard InChI is InChI=1S/C31H49N5O5/c1-6-17(4)28(33)31(41)34-15-25-35-22-14-24(39)27(26(18(5)37)29(22)36-25)30(40)20(16(2)3)13-23(38)21(32)12-19-10-8-7-9-11-19/h14,16-17,19-21,23,28,38-39H,6-13,15,32-33H2,1-5H3,(H,34,41)(H,35,36)/t17-,20?,21-,23-,28-/m0/s1. The van der Waals surface area contributed by atoms with E-state index in [2.05, 4.69) is 15.3 Å². The zero-order valence-corrected chi connectivity index (χ0v) is 25.2. The second kappa shape index (κ2) is 14.4. The Balaban J connectivity index is 1.86. The summed E-state index contributed by atoms with van der Waals surface area (Å²) in [5.74, 6) is -1.48. The van der Waals surface area contributed by atoms with E-state index in [1.807, 2.05) is 27.7 Å². The molecule has 0 spiro atoms. The Bertz CT molecular complexity index is 1220.